The second-order valence-corrected chi connectivity index (χ2v) is 5.96. The van der Waals surface area contributed by atoms with Gasteiger partial charge in [0.15, 0.2) is 0 Å². The standard InChI is InChI=1S/C15H23NOS/c1-17-13-10-12(6-7-14(13)18-2)15(11-16)8-4-3-5-9-15/h6-7,10H,3-5,8-9,11,16H2,1-2H3. The van der Waals surface area contributed by atoms with Crippen LogP contribution in [-0.4, -0.2) is 19.9 Å². The lowest BCUT2D eigenvalue weighted by Gasteiger charge is -2.37. The van der Waals surface area contributed by atoms with Gasteiger partial charge in [0.1, 0.15) is 5.75 Å². The molecule has 1 aromatic carbocycles. The molecule has 1 aliphatic rings. The molecule has 3 heteroatoms. The number of methoxy groups -OCH3 is 1. The Labute approximate surface area is 114 Å². The molecule has 0 radical (unpaired) electrons. The molecule has 2 nitrogen and oxygen atoms in total. The van der Waals surface area contributed by atoms with E-state index in [4.69, 9.17) is 10.5 Å². The molecule has 1 fully saturated rings. The van der Waals surface area contributed by atoms with Crippen molar-refractivity contribution in [2.75, 3.05) is 19.9 Å². The highest BCUT2D eigenvalue weighted by molar-refractivity contribution is 7.98. The quantitative estimate of drug-likeness (QED) is 0.845. The molecule has 0 aromatic heterocycles. The lowest BCUT2D eigenvalue weighted by Crippen LogP contribution is -2.37. The predicted octanol–water partition coefficient (Wildman–Crippen LogP) is 3.58. The van der Waals surface area contributed by atoms with Crippen molar-refractivity contribution in [3.63, 3.8) is 0 Å². The Morgan fingerprint density at radius 2 is 2.00 bits per heavy atom. The van der Waals surface area contributed by atoms with Gasteiger partial charge in [-0.1, -0.05) is 25.3 Å². The highest BCUT2D eigenvalue weighted by atomic mass is 32.2. The highest BCUT2D eigenvalue weighted by Crippen LogP contribution is 2.41. The Bertz CT molecular complexity index is 399. The molecule has 0 bridgehead atoms. The first-order chi connectivity index (χ1) is 8.75. The van der Waals surface area contributed by atoms with Crippen LogP contribution in [0.25, 0.3) is 0 Å². The SMILES string of the molecule is COc1cc(C2(CN)CCCCC2)ccc1SC. The van der Waals surface area contributed by atoms with Gasteiger partial charge < -0.3 is 10.5 Å². The van der Waals surface area contributed by atoms with E-state index in [-0.39, 0.29) is 5.41 Å². The molecule has 100 valence electrons. The molecule has 18 heavy (non-hydrogen) atoms. The van der Waals surface area contributed by atoms with E-state index < -0.39 is 0 Å². The largest absolute Gasteiger partial charge is 0.496 e. The Morgan fingerprint density at radius 1 is 1.28 bits per heavy atom. The predicted molar refractivity (Wildman–Crippen MR) is 78.6 cm³/mol. The number of ether oxygens (including phenoxy) is 1. The smallest absolute Gasteiger partial charge is 0.132 e. The van der Waals surface area contributed by atoms with E-state index in [0.29, 0.717) is 0 Å². The normalized spacial score (nSPS) is 18.6. The van der Waals surface area contributed by atoms with Crippen molar-refractivity contribution in [2.24, 2.45) is 5.73 Å². The molecule has 0 saturated heterocycles. The van der Waals surface area contributed by atoms with E-state index in [0.717, 1.165) is 12.3 Å². The Morgan fingerprint density at radius 3 is 2.56 bits per heavy atom. The Hall–Kier alpha value is -0.670. The minimum atomic E-state index is 0.183. The minimum Gasteiger partial charge on any atom is -0.496 e. The zero-order chi connectivity index (χ0) is 13.0. The summed E-state index contributed by atoms with van der Waals surface area (Å²) in [5, 5.41) is 0. The van der Waals surface area contributed by atoms with Crippen molar-refractivity contribution in [3.05, 3.63) is 23.8 Å². The summed E-state index contributed by atoms with van der Waals surface area (Å²) < 4.78 is 5.50. The van der Waals surface area contributed by atoms with Gasteiger partial charge in [0.2, 0.25) is 0 Å². The van der Waals surface area contributed by atoms with Crippen molar-refractivity contribution in [3.8, 4) is 5.75 Å². The summed E-state index contributed by atoms with van der Waals surface area (Å²) >= 11 is 1.73. The van der Waals surface area contributed by atoms with Crippen LogP contribution in [0.15, 0.2) is 23.1 Å². The molecule has 1 aromatic rings. The van der Waals surface area contributed by atoms with Crippen LogP contribution in [0, 0.1) is 0 Å². The Kier molecular flexibility index (Phi) is 4.57. The summed E-state index contributed by atoms with van der Waals surface area (Å²) in [5.74, 6) is 0.985. The summed E-state index contributed by atoms with van der Waals surface area (Å²) in [6.07, 6.45) is 8.45. The summed E-state index contributed by atoms with van der Waals surface area (Å²) in [5.41, 5.74) is 7.63. The molecule has 2 N–H and O–H groups in total. The van der Waals surface area contributed by atoms with Gasteiger partial charge in [-0.2, -0.15) is 0 Å². The third-order valence-corrected chi connectivity index (χ3v) is 4.97. The molecule has 0 heterocycles. The van der Waals surface area contributed by atoms with Gasteiger partial charge in [-0.15, -0.1) is 11.8 Å². The number of rotatable bonds is 4. The van der Waals surface area contributed by atoms with Gasteiger partial charge in [-0.05, 0) is 36.8 Å². The maximum atomic E-state index is 6.09. The molecule has 1 saturated carbocycles. The van der Waals surface area contributed by atoms with Gasteiger partial charge in [-0.3, -0.25) is 0 Å². The number of nitrogens with two attached hydrogens (primary N) is 1. The lowest BCUT2D eigenvalue weighted by atomic mass is 9.69. The molecule has 0 amide bonds. The van der Waals surface area contributed by atoms with E-state index >= 15 is 0 Å². The van der Waals surface area contributed by atoms with Gasteiger partial charge in [0.05, 0.1) is 7.11 Å². The maximum absolute atomic E-state index is 6.09. The average molecular weight is 265 g/mol. The maximum Gasteiger partial charge on any atom is 0.132 e. The van der Waals surface area contributed by atoms with Crippen molar-refractivity contribution < 1.29 is 4.74 Å². The molecule has 2 rings (SSSR count). The Balaban J connectivity index is 2.36. The van der Waals surface area contributed by atoms with Crippen LogP contribution in [0.1, 0.15) is 37.7 Å². The van der Waals surface area contributed by atoms with Crippen LogP contribution in [0.4, 0.5) is 0 Å². The highest BCUT2D eigenvalue weighted by Gasteiger charge is 2.32. The topological polar surface area (TPSA) is 35.2 Å². The van der Waals surface area contributed by atoms with Crippen LogP contribution in [0.5, 0.6) is 5.75 Å². The second kappa shape index (κ2) is 5.98. The molecular weight excluding hydrogens is 242 g/mol. The number of hydrogen-bond donors (Lipinski definition) is 1. The summed E-state index contributed by atoms with van der Waals surface area (Å²) in [4.78, 5) is 1.20. The van der Waals surface area contributed by atoms with Crippen molar-refractivity contribution in [1.29, 1.82) is 0 Å². The van der Waals surface area contributed by atoms with E-state index in [9.17, 15) is 0 Å². The van der Waals surface area contributed by atoms with E-state index in [1.54, 1.807) is 18.9 Å². The monoisotopic (exact) mass is 265 g/mol. The summed E-state index contributed by atoms with van der Waals surface area (Å²) in [6, 6.07) is 6.61. The average Bonchev–Trinajstić information content (AvgIpc) is 2.47. The summed E-state index contributed by atoms with van der Waals surface area (Å²) in [6.45, 7) is 0.745. The fourth-order valence-electron chi connectivity index (χ4n) is 3.01. The van der Waals surface area contributed by atoms with Crippen LogP contribution in [0.3, 0.4) is 0 Å². The molecular formula is C15H23NOS. The van der Waals surface area contributed by atoms with Gasteiger partial charge >= 0.3 is 0 Å². The summed E-state index contributed by atoms with van der Waals surface area (Å²) in [7, 11) is 1.74. The van der Waals surface area contributed by atoms with E-state index in [2.05, 4.69) is 24.5 Å². The van der Waals surface area contributed by atoms with Gasteiger partial charge in [0.25, 0.3) is 0 Å². The van der Waals surface area contributed by atoms with E-state index in [1.165, 1.54) is 42.6 Å². The number of benzene rings is 1. The van der Waals surface area contributed by atoms with Gasteiger partial charge in [-0.25, -0.2) is 0 Å². The zero-order valence-corrected chi connectivity index (χ0v) is 12.2. The third kappa shape index (κ3) is 2.52. The third-order valence-electron chi connectivity index (χ3n) is 4.20. The van der Waals surface area contributed by atoms with Crippen LogP contribution >= 0.6 is 11.8 Å². The first kappa shape index (κ1) is 13.8. The van der Waals surface area contributed by atoms with Crippen LogP contribution in [-0.2, 0) is 5.41 Å². The minimum absolute atomic E-state index is 0.183. The van der Waals surface area contributed by atoms with Gasteiger partial charge in [0, 0.05) is 16.9 Å². The molecule has 0 spiro atoms. The molecule has 0 unspecified atom stereocenters. The fourth-order valence-corrected chi connectivity index (χ4v) is 3.55. The number of thioether (sulfide) groups is 1. The lowest BCUT2D eigenvalue weighted by molar-refractivity contribution is 0.299. The van der Waals surface area contributed by atoms with Crippen molar-refractivity contribution in [2.45, 2.75) is 42.4 Å². The van der Waals surface area contributed by atoms with E-state index in [1.807, 2.05) is 0 Å². The fraction of sp³-hybridized carbons (Fsp3) is 0.600. The van der Waals surface area contributed by atoms with Crippen LogP contribution in [0.2, 0.25) is 0 Å². The zero-order valence-electron chi connectivity index (χ0n) is 11.4. The first-order valence-corrected chi connectivity index (χ1v) is 7.91. The molecule has 0 aliphatic heterocycles. The number of hydrogen-bond acceptors (Lipinski definition) is 3. The van der Waals surface area contributed by atoms with Crippen molar-refractivity contribution >= 4 is 11.8 Å². The van der Waals surface area contributed by atoms with Crippen molar-refractivity contribution in [1.82, 2.24) is 0 Å². The second-order valence-electron chi connectivity index (χ2n) is 5.11. The molecule has 1 aliphatic carbocycles. The molecule has 0 atom stereocenters. The van der Waals surface area contributed by atoms with Crippen LogP contribution < -0.4 is 10.5 Å². The first-order valence-electron chi connectivity index (χ1n) is 6.68.